The minimum atomic E-state index is -3.20. The summed E-state index contributed by atoms with van der Waals surface area (Å²) in [4.78, 5) is 4.73. The summed E-state index contributed by atoms with van der Waals surface area (Å²) in [6.07, 6.45) is 3.01. The topological polar surface area (TPSA) is 47.0 Å². The molecule has 0 spiro atoms. The molecule has 0 aliphatic heterocycles. The lowest BCUT2D eigenvalue weighted by Gasteiger charge is -2.11. The van der Waals surface area contributed by atoms with Crippen molar-refractivity contribution in [3.8, 4) is 11.1 Å². The molecule has 0 aliphatic rings. The van der Waals surface area contributed by atoms with Crippen molar-refractivity contribution in [2.75, 3.05) is 6.26 Å². The van der Waals surface area contributed by atoms with E-state index in [0.717, 1.165) is 27.6 Å². The molecule has 0 aliphatic carbocycles. The smallest absolute Gasteiger partial charge is 0.175 e. The van der Waals surface area contributed by atoms with Crippen LogP contribution in [0, 0.1) is 0 Å². The second-order valence-electron chi connectivity index (χ2n) is 5.10. The lowest BCUT2D eigenvalue weighted by molar-refractivity contribution is 0.602. The third-order valence-corrected chi connectivity index (χ3v) is 4.96. The summed E-state index contributed by atoms with van der Waals surface area (Å²) in [6.45, 7) is 0. The highest BCUT2D eigenvalue weighted by Gasteiger charge is 2.12. The molecule has 1 heterocycles. The molecule has 0 bridgehead atoms. The number of hydrogen-bond donors (Lipinski definition) is 0. The summed E-state index contributed by atoms with van der Waals surface area (Å²) in [5.74, 6) is 0.300. The van der Waals surface area contributed by atoms with E-state index in [0.29, 0.717) is 10.8 Å². The summed E-state index contributed by atoms with van der Waals surface area (Å²) in [7, 11) is -3.20. The van der Waals surface area contributed by atoms with Gasteiger partial charge >= 0.3 is 0 Å². The Morgan fingerprint density at radius 2 is 1.73 bits per heavy atom. The first-order valence-corrected chi connectivity index (χ1v) is 9.16. The molecule has 0 saturated carbocycles. The number of halogens is 1. The third-order valence-electron chi connectivity index (χ3n) is 3.58. The quantitative estimate of drug-likeness (QED) is 0.680. The molecule has 5 heteroatoms. The van der Waals surface area contributed by atoms with Crippen molar-refractivity contribution in [1.29, 1.82) is 0 Å². The summed E-state index contributed by atoms with van der Waals surface area (Å²) in [6, 6.07) is 14.8. The molecule has 0 radical (unpaired) electrons. The molecule has 0 atom stereocenters. The number of alkyl halides is 1. The number of benzene rings is 2. The van der Waals surface area contributed by atoms with Gasteiger partial charge in [0, 0.05) is 23.4 Å². The van der Waals surface area contributed by atoms with Crippen LogP contribution in [0.25, 0.3) is 21.9 Å². The van der Waals surface area contributed by atoms with Gasteiger partial charge in [0.25, 0.3) is 0 Å². The van der Waals surface area contributed by atoms with Gasteiger partial charge in [0.15, 0.2) is 9.84 Å². The van der Waals surface area contributed by atoms with Gasteiger partial charge in [-0.1, -0.05) is 36.4 Å². The predicted octanol–water partition coefficient (Wildman–Crippen LogP) is 4.04. The zero-order chi connectivity index (χ0) is 15.7. The van der Waals surface area contributed by atoms with Crippen LogP contribution in [0.2, 0.25) is 0 Å². The van der Waals surface area contributed by atoms with E-state index in [9.17, 15) is 8.42 Å². The molecule has 0 unspecified atom stereocenters. The summed E-state index contributed by atoms with van der Waals surface area (Å²) < 4.78 is 23.2. The summed E-state index contributed by atoms with van der Waals surface area (Å²) >= 11 is 6.03. The maximum absolute atomic E-state index is 11.6. The molecule has 0 fully saturated rings. The molecule has 22 heavy (non-hydrogen) atoms. The van der Waals surface area contributed by atoms with Crippen LogP contribution >= 0.6 is 11.6 Å². The molecule has 0 N–H and O–H groups in total. The minimum absolute atomic E-state index is 0.300. The van der Waals surface area contributed by atoms with E-state index in [4.69, 9.17) is 11.6 Å². The summed E-state index contributed by atoms with van der Waals surface area (Å²) in [5.41, 5.74) is 2.65. The van der Waals surface area contributed by atoms with E-state index in [1.54, 1.807) is 30.5 Å². The Bertz CT molecular complexity index is 935. The van der Waals surface area contributed by atoms with E-state index in [1.807, 2.05) is 24.3 Å². The SMILES string of the molecule is CS(=O)(=O)c1ccc(-c2c(CCl)ncc3ccccc23)cc1. The highest BCUT2D eigenvalue weighted by molar-refractivity contribution is 7.90. The Morgan fingerprint density at radius 3 is 2.36 bits per heavy atom. The fourth-order valence-corrected chi connectivity index (χ4v) is 3.33. The van der Waals surface area contributed by atoms with Gasteiger partial charge in [0.1, 0.15) is 0 Å². The first-order valence-electron chi connectivity index (χ1n) is 6.74. The fourth-order valence-electron chi connectivity index (χ4n) is 2.50. The average molecular weight is 332 g/mol. The van der Waals surface area contributed by atoms with Crippen LogP contribution in [0.15, 0.2) is 59.6 Å². The van der Waals surface area contributed by atoms with Crippen molar-refractivity contribution in [3.63, 3.8) is 0 Å². The minimum Gasteiger partial charge on any atom is -0.259 e. The van der Waals surface area contributed by atoms with Crippen LogP contribution in [0.1, 0.15) is 5.69 Å². The molecule has 2 aromatic carbocycles. The van der Waals surface area contributed by atoms with E-state index in [1.165, 1.54) is 6.26 Å². The van der Waals surface area contributed by atoms with Crippen molar-refractivity contribution in [2.24, 2.45) is 0 Å². The highest BCUT2D eigenvalue weighted by Crippen LogP contribution is 2.32. The predicted molar refractivity (Wildman–Crippen MR) is 89.8 cm³/mol. The van der Waals surface area contributed by atoms with Gasteiger partial charge < -0.3 is 0 Å². The zero-order valence-corrected chi connectivity index (χ0v) is 13.5. The number of hydrogen-bond acceptors (Lipinski definition) is 3. The molecule has 3 nitrogen and oxygen atoms in total. The van der Waals surface area contributed by atoms with Crippen molar-refractivity contribution in [1.82, 2.24) is 4.98 Å². The monoisotopic (exact) mass is 331 g/mol. The van der Waals surface area contributed by atoms with Crippen molar-refractivity contribution in [2.45, 2.75) is 10.8 Å². The molecule has 3 aromatic rings. The third kappa shape index (κ3) is 2.72. The summed E-state index contributed by atoms with van der Waals surface area (Å²) in [5, 5.41) is 2.08. The van der Waals surface area contributed by atoms with Gasteiger partial charge in [0.2, 0.25) is 0 Å². The maximum atomic E-state index is 11.6. The Hall–Kier alpha value is -1.91. The largest absolute Gasteiger partial charge is 0.259 e. The maximum Gasteiger partial charge on any atom is 0.175 e. The molecule has 0 amide bonds. The standard InChI is InChI=1S/C17H14ClNO2S/c1-22(20,21)14-8-6-12(7-9-14)17-15-5-3-2-4-13(15)11-19-16(17)10-18/h2-9,11H,10H2,1H3. The van der Waals surface area contributed by atoms with Crippen LogP contribution in [0.4, 0.5) is 0 Å². The number of rotatable bonds is 3. The molecule has 1 aromatic heterocycles. The Labute approximate surface area is 134 Å². The first-order chi connectivity index (χ1) is 10.5. The van der Waals surface area contributed by atoms with Gasteiger partial charge in [0.05, 0.1) is 16.5 Å². The molecule has 0 saturated heterocycles. The van der Waals surface area contributed by atoms with E-state index in [-0.39, 0.29) is 0 Å². The van der Waals surface area contributed by atoms with Gasteiger partial charge in [-0.15, -0.1) is 11.6 Å². The molecule has 3 rings (SSSR count). The normalized spacial score (nSPS) is 11.7. The van der Waals surface area contributed by atoms with E-state index >= 15 is 0 Å². The van der Waals surface area contributed by atoms with Crippen LogP contribution in [-0.2, 0) is 15.7 Å². The number of sulfone groups is 1. The fraction of sp³-hybridized carbons (Fsp3) is 0.118. The molecular formula is C17H14ClNO2S. The second-order valence-corrected chi connectivity index (χ2v) is 7.38. The Kier molecular flexibility index (Phi) is 3.89. The highest BCUT2D eigenvalue weighted by atomic mass is 35.5. The van der Waals surface area contributed by atoms with Crippen LogP contribution in [-0.4, -0.2) is 19.7 Å². The van der Waals surface area contributed by atoms with Crippen molar-refractivity contribution >= 4 is 32.2 Å². The Balaban J connectivity index is 2.25. The van der Waals surface area contributed by atoms with Gasteiger partial charge in [-0.3, -0.25) is 4.98 Å². The van der Waals surface area contributed by atoms with Gasteiger partial charge in [-0.25, -0.2) is 8.42 Å². The number of nitrogens with zero attached hydrogens (tertiary/aromatic N) is 1. The first kappa shape index (κ1) is 15.0. The zero-order valence-electron chi connectivity index (χ0n) is 12.0. The Morgan fingerprint density at radius 1 is 1.05 bits per heavy atom. The number of aromatic nitrogens is 1. The van der Waals surface area contributed by atoms with Crippen LogP contribution < -0.4 is 0 Å². The lowest BCUT2D eigenvalue weighted by Crippen LogP contribution is -1.97. The van der Waals surface area contributed by atoms with Crippen molar-refractivity contribution in [3.05, 3.63) is 60.4 Å². The number of fused-ring (bicyclic) bond motifs is 1. The van der Waals surface area contributed by atoms with Gasteiger partial charge in [-0.05, 0) is 23.1 Å². The van der Waals surface area contributed by atoms with E-state index < -0.39 is 9.84 Å². The molecule has 112 valence electrons. The number of pyridine rings is 1. The second kappa shape index (κ2) is 5.71. The van der Waals surface area contributed by atoms with Crippen molar-refractivity contribution < 1.29 is 8.42 Å². The van der Waals surface area contributed by atoms with E-state index in [2.05, 4.69) is 4.98 Å². The van der Waals surface area contributed by atoms with Crippen LogP contribution in [0.3, 0.4) is 0 Å². The van der Waals surface area contributed by atoms with Crippen LogP contribution in [0.5, 0.6) is 0 Å². The molecular weight excluding hydrogens is 318 g/mol. The lowest BCUT2D eigenvalue weighted by atomic mass is 9.98. The van der Waals surface area contributed by atoms with Gasteiger partial charge in [-0.2, -0.15) is 0 Å². The average Bonchev–Trinajstić information content (AvgIpc) is 2.53.